The van der Waals surface area contributed by atoms with Gasteiger partial charge in [-0.15, -0.1) is 0 Å². The van der Waals surface area contributed by atoms with E-state index < -0.39 is 23.8 Å². The molecule has 0 aromatic heterocycles. The fourth-order valence-corrected chi connectivity index (χ4v) is 4.72. The van der Waals surface area contributed by atoms with E-state index in [1.165, 1.54) is 0 Å². The quantitative estimate of drug-likeness (QED) is 0.309. The van der Waals surface area contributed by atoms with Crippen LogP contribution in [0.15, 0.2) is 18.2 Å². The number of nitrogens with zero attached hydrogens (tertiary/aromatic N) is 1. The molecule has 0 saturated carbocycles. The molecule has 2 N–H and O–H groups in total. The zero-order valence-corrected chi connectivity index (χ0v) is 25.2. The number of thioether (sulfide) groups is 1. The number of ether oxygens (including phenoxy) is 1. The molecule has 210 valence electrons. The van der Waals surface area contributed by atoms with E-state index in [0.717, 1.165) is 42.4 Å². The lowest BCUT2D eigenvalue weighted by atomic mass is 9.95. The van der Waals surface area contributed by atoms with E-state index in [-0.39, 0.29) is 17.9 Å². The summed E-state index contributed by atoms with van der Waals surface area (Å²) >= 11 is 1.60. The highest BCUT2D eigenvalue weighted by molar-refractivity contribution is 7.98. The second-order valence-corrected chi connectivity index (χ2v) is 11.8. The topological polar surface area (TPSA) is 87.7 Å². The number of nitrogens with one attached hydrogen (secondary N) is 2. The maximum Gasteiger partial charge on any atom is 0.408 e. The van der Waals surface area contributed by atoms with Crippen LogP contribution in [0.1, 0.15) is 96.4 Å². The lowest BCUT2D eigenvalue weighted by Gasteiger charge is -2.35. The normalized spacial score (nSPS) is 13.9. The molecule has 0 bridgehead atoms. The van der Waals surface area contributed by atoms with Crippen LogP contribution in [0.25, 0.3) is 0 Å². The van der Waals surface area contributed by atoms with E-state index >= 15 is 0 Å². The van der Waals surface area contributed by atoms with Crippen LogP contribution < -0.4 is 10.6 Å². The minimum atomic E-state index is -0.798. The number of rotatable bonds is 14. The van der Waals surface area contributed by atoms with Gasteiger partial charge in [0.2, 0.25) is 11.8 Å². The van der Waals surface area contributed by atoms with Crippen LogP contribution in [0.2, 0.25) is 0 Å². The first-order valence-electron chi connectivity index (χ1n) is 13.5. The summed E-state index contributed by atoms with van der Waals surface area (Å²) in [5.74, 6) is 0.219. The van der Waals surface area contributed by atoms with Crippen molar-refractivity contribution < 1.29 is 19.1 Å². The number of benzene rings is 1. The molecule has 0 saturated heterocycles. The second-order valence-electron chi connectivity index (χ2n) is 10.8. The zero-order chi connectivity index (χ0) is 28.2. The lowest BCUT2D eigenvalue weighted by Crippen LogP contribution is -2.54. The predicted molar refractivity (Wildman–Crippen MR) is 154 cm³/mol. The molecule has 0 radical (unpaired) electrons. The van der Waals surface area contributed by atoms with Crippen molar-refractivity contribution in [1.82, 2.24) is 15.5 Å². The smallest absolute Gasteiger partial charge is 0.408 e. The molecule has 1 rings (SSSR count). The van der Waals surface area contributed by atoms with E-state index in [2.05, 4.69) is 24.5 Å². The largest absolute Gasteiger partial charge is 0.444 e. The third-order valence-electron chi connectivity index (χ3n) is 6.03. The molecular weight excluding hydrogens is 486 g/mol. The molecule has 7 nitrogen and oxygen atoms in total. The van der Waals surface area contributed by atoms with Gasteiger partial charge in [0, 0.05) is 12.6 Å². The summed E-state index contributed by atoms with van der Waals surface area (Å²) in [5, 5.41) is 5.94. The maximum absolute atomic E-state index is 14.1. The van der Waals surface area contributed by atoms with Crippen LogP contribution in [-0.2, 0) is 14.3 Å². The molecule has 0 aliphatic carbocycles. The van der Waals surface area contributed by atoms with Gasteiger partial charge >= 0.3 is 6.09 Å². The third kappa shape index (κ3) is 11.4. The second kappa shape index (κ2) is 15.9. The number of hydrogen-bond acceptors (Lipinski definition) is 5. The number of unbranched alkanes of at least 4 members (excludes halogenated alkanes) is 1. The summed E-state index contributed by atoms with van der Waals surface area (Å²) in [6.45, 7) is 15.9. The van der Waals surface area contributed by atoms with Crippen molar-refractivity contribution in [2.75, 3.05) is 18.6 Å². The van der Waals surface area contributed by atoms with Crippen molar-refractivity contribution in [3.05, 3.63) is 34.9 Å². The van der Waals surface area contributed by atoms with E-state index in [1.54, 1.807) is 37.4 Å². The summed E-state index contributed by atoms with van der Waals surface area (Å²) in [6, 6.07) is 4.36. The number of aryl methyl sites for hydroxylation is 2. The van der Waals surface area contributed by atoms with Gasteiger partial charge in [-0.2, -0.15) is 11.8 Å². The van der Waals surface area contributed by atoms with Crippen LogP contribution in [0.4, 0.5) is 4.79 Å². The number of alkyl carbamates (subject to hydrolysis) is 1. The van der Waals surface area contributed by atoms with Gasteiger partial charge in [-0.3, -0.25) is 9.59 Å². The summed E-state index contributed by atoms with van der Waals surface area (Å²) in [7, 11) is 0. The van der Waals surface area contributed by atoms with E-state index in [4.69, 9.17) is 4.74 Å². The van der Waals surface area contributed by atoms with Crippen molar-refractivity contribution in [3.8, 4) is 0 Å². The predicted octanol–water partition coefficient (Wildman–Crippen LogP) is 5.92. The Morgan fingerprint density at radius 1 is 1.05 bits per heavy atom. The molecule has 3 amide bonds. The van der Waals surface area contributed by atoms with Gasteiger partial charge in [-0.05, 0) is 83.9 Å². The minimum absolute atomic E-state index is 0.0129. The van der Waals surface area contributed by atoms with Crippen LogP contribution in [0.5, 0.6) is 0 Å². The Bertz CT molecular complexity index is 884. The van der Waals surface area contributed by atoms with Gasteiger partial charge in [-0.25, -0.2) is 4.79 Å². The highest BCUT2D eigenvalue weighted by Gasteiger charge is 2.36. The molecule has 0 fully saturated rings. The van der Waals surface area contributed by atoms with Gasteiger partial charge in [-0.1, -0.05) is 50.5 Å². The highest BCUT2D eigenvalue weighted by Crippen LogP contribution is 2.28. The SMILES string of the molecule is CCCCN(C(=O)C(CCSC)NC(=O)OC(C)(C)C)C(C(=O)NC(C)CCC)c1ccc(C)cc1C. The Morgan fingerprint density at radius 3 is 2.27 bits per heavy atom. The summed E-state index contributed by atoms with van der Waals surface area (Å²) in [4.78, 5) is 42.3. The van der Waals surface area contributed by atoms with Crippen molar-refractivity contribution in [1.29, 1.82) is 0 Å². The Kier molecular flexibility index (Phi) is 14.1. The number of carbonyl (C=O) groups excluding carboxylic acids is 3. The van der Waals surface area contributed by atoms with Crippen LogP contribution >= 0.6 is 11.8 Å². The average molecular weight is 536 g/mol. The molecule has 3 atom stereocenters. The molecule has 0 aliphatic rings. The Morgan fingerprint density at radius 2 is 1.73 bits per heavy atom. The summed E-state index contributed by atoms with van der Waals surface area (Å²) < 4.78 is 5.46. The minimum Gasteiger partial charge on any atom is -0.444 e. The standard InChI is InChI=1S/C29H49N3O4S/c1-10-12-17-32(27(34)24(16-18-37-9)31-28(35)36-29(6,7)8)25(26(33)30-22(5)13-11-2)23-15-14-20(3)19-21(23)4/h14-15,19,22,24-25H,10-13,16-18H2,1-9H3,(H,30,33)(H,31,35). The van der Waals surface area contributed by atoms with Crippen LogP contribution in [0.3, 0.4) is 0 Å². The third-order valence-corrected chi connectivity index (χ3v) is 6.67. The molecule has 8 heteroatoms. The van der Waals surface area contributed by atoms with Crippen molar-refractivity contribution >= 4 is 29.7 Å². The van der Waals surface area contributed by atoms with Gasteiger partial charge < -0.3 is 20.3 Å². The number of hydrogen-bond donors (Lipinski definition) is 2. The zero-order valence-electron chi connectivity index (χ0n) is 24.4. The first-order chi connectivity index (χ1) is 17.3. The fourth-order valence-electron chi connectivity index (χ4n) is 4.25. The molecule has 37 heavy (non-hydrogen) atoms. The van der Waals surface area contributed by atoms with Crippen LogP contribution in [-0.4, -0.2) is 59.0 Å². The monoisotopic (exact) mass is 535 g/mol. The van der Waals surface area contributed by atoms with Gasteiger partial charge in [0.05, 0.1) is 0 Å². The van der Waals surface area contributed by atoms with Crippen LogP contribution in [0, 0.1) is 13.8 Å². The van der Waals surface area contributed by atoms with Crippen molar-refractivity contribution in [2.45, 2.75) is 111 Å². The average Bonchev–Trinajstić information content (AvgIpc) is 2.78. The van der Waals surface area contributed by atoms with Gasteiger partial charge in [0.1, 0.15) is 17.7 Å². The van der Waals surface area contributed by atoms with Crippen molar-refractivity contribution in [3.63, 3.8) is 0 Å². The molecule has 1 aromatic carbocycles. The maximum atomic E-state index is 14.1. The highest BCUT2D eigenvalue weighted by atomic mass is 32.2. The molecule has 3 unspecified atom stereocenters. The number of carbonyl (C=O) groups is 3. The van der Waals surface area contributed by atoms with Gasteiger partial charge in [0.25, 0.3) is 0 Å². The Balaban J connectivity index is 3.51. The van der Waals surface area contributed by atoms with E-state index in [9.17, 15) is 14.4 Å². The molecule has 0 heterocycles. The molecule has 1 aromatic rings. The number of amides is 3. The molecular formula is C29H49N3O4S. The Hall–Kier alpha value is -2.22. The summed E-state index contributed by atoms with van der Waals surface area (Å²) in [6.07, 6.45) is 5.18. The van der Waals surface area contributed by atoms with Crippen molar-refractivity contribution in [2.24, 2.45) is 0 Å². The fraction of sp³-hybridized carbons (Fsp3) is 0.690. The van der Waals surface area contributed by atoms with E-state index in [1.807, 2.05) is 45.2 Å². The van der Waals surface area contributed by atoms with Gasteiger partial charge in [0.15, 0.2) is 0 Å². The molecule has 0 aliphatic heterocycles. The first-order valence-corrected chi connectivity index (χ1v) is 14.9. The summed E-state index contributed by atoms with van der Waals surface area (Å²) in [5.41, 5.74) is 2.17. The lowest BCUT2D eigenvalue weighted by molar-refractivity contribution is -0.143. The first kappa shape index (κ1) is 32.8. The Labute approximate surface area is 228 Å². The van der Waals surface area contributed by atoms with E-state index in [0.29, 0.717) is 18.7 Å². The molecule has 0 spiro atoms.